The summed E-state index contributed by atoms with van der Waals surface area (Å²) < 4.78 is 21.3. The Kier molecular flexibility index (Phi) is 4.94. The highest BCUT2D eigenvalue weighted by Crippen LogP contribution is 1.87. The van der Waals surface area contributed by atoms with Crippen LogP contribution in [0.25, 0.3) is 0 Å². The predicted octanol–water partition coefficient (Wildman–Crippen LogP) is -1.08. The first-order valence-electron chi connectivity index (χ1n) is 3.94. The summed E-state index contributed by atoms with van der Waals surface area (Å²) in [4.78, 5) is 10.9. The van der Waals surface area contributed by atoms with Gasteiger partial charge in [-0.05, 0) is 13.3 Å². The van der Waals surface area contributed by atoms with Gasteiger partial charge in [0.25, 0.3) is 0 Å². The molecule has 0 rings (SSSR count). The van der Waals surface area contributed by atoms with Gasteiger partial charge >= 0.3 is 0 Å². The van der Waals surface area contributed by atoms with Gasteiger partial charge < -0.3 is 10.4 Å². The van der Waals surface area contributed by atoms with E-state index in [0.29, 0.717) is 13.0 Å². The lowest BCUT2D eigenvalue weighted by Gasteiger charge is -2.05. The predicted molar refractivity (Wildman–Crippen MR) is 49.0 cm³/mol. The lowest BCUT2D eigenvalue weighted by Crippen LogP contribution is -2.31. The van der Waals surface area contributed by atoms with Gasteiger partial charge in [-0.15, -0.1) is 0 Å². The second-order valence-corrected chi connectivity index (χ2v) is 5.20. The molecule has 0 aliphatic heterocycles. The zero-order chi connectivity index (χ0) is 10.5. The summed E-state index contributed by atoms with van der Waals surface area (Å²) in [5.41, 5.74) is 0. The Morgan fingerprint density at radius 3 is 2.46 bits per heavy atom. The second kappa shape index (κ2) is 5.18. The van der Waals surface area contributed by atoms with Crippen molar-refractivity contribution in [1.82, 2.24) is 5.32 Å². The number of hydrogen-bond donors (Lipinski definition) is 2. The number of nitrogens with one attached hydrogen (secondary N) is 1. The Hall–Kier alpha value is -0.620. The van der Waals surface area contributed by atoms with E-state index in [1.807, 2.05) is 0 Å². The molecule has 5 nitrogen and oxygen atoms in total. The fraction of sp³-hybridized carbons (Fsp3) is 0.857. The zero-order valence-corrected chi connectivity index (χ0v) is 8.60. The van der Waals surface area contributed by atoms with Crippen LogP contribution in [0.5, 0.6) is 0 Å². The quantitative estimate of drug-likeness (QED) is 0.603. The molecule has 0 aromatic carbocycles. The van der Waals surface area contributed by atoms with Crippen molar-refractivity contribution in [1.29, 1.82) is 0 Å². The van der Waals surface area contributed by atoms with Crippen LogP contribution in [0.2, 0.25) is 0 Å². The molecule has 1 unspecified atom stereocenters. The van der Waals surface area contributed by atoms with Crippen molar-refractivity contribution < 1.29 is 18.3 Å². The lowest BCUT2D eigenvalue weighted by molar-refractivity contribution is -0.118. The third kappa shape index (κ3) is 9.29. The number of carbonyl (C=O) groups is 1. The van der Waals surface area contributed by atoms with Crippen LogP contribution in [0.4, 0.5) is 0 Å². The fourth-order valence-electron chi connectivity index (χ4n) is 0.710. The summed E-state index contributed by atoms with van der Waals surface area (Å²) in [6.07, 6.45) is 0.940. The van der Waals surface area contributed by atoms with Crippen LogP contribution in [0.3, 0.4) is 0 Å². The van der Waals surface area contributed by atoms with E-state index in [1.54, 1.807) is 6.92 Å². The minimum Gasteiger partial charge on any atom is -0.393 e. The van der Waals surface area contributed by atoms with Gasteiger partial charge in [-0.2, -0.15) is 0 Å². The Labute approximate surface area is 78.1 Å². The lowest BCUT2D eigenvalue weighted by atomic mass is 10.3. The van der Waals surface area contributed by atoms with Crippen molar-refractivity contribution in [2.45, 2.75) is 19.4 Å². The zero-order valence-electron chi connectivity index (χ0n) is 7.78. The van der Waals surface area contributed by atoms with E-state index in [-0.39, 0.29) is 0 Å². The number of amides is 1. The van der Waals surface area contributed by atoms with E-state index in [0.717, 1.165) is 6.26 Å². The van der Waals surface area contributed by atoms with Crippen LogP contribution in [0.1, 0.15) is 13.3 Å². The molecule has 0 radical (unpaired) electrons. The topological polar surface area (TPSA) is 83.5 Å². The monoisotopic (exact) mass is 209 g/mol. The van der Waals surface area contributed by atoms with Gasteiger partial charge in [0.2, 0.25) is 5.91 Å². The average molecular weight is 209 g/mol. The van der Waals surface area contributed by atoms with Crippen LogP contribution < -0.4 is 5.32 Å². The summed E-state index contributed by atoms with van der Waals surface area (Å²) in [5, 5.41) is 11.2. The number of hydrogen-bond acceptors (Lipinski definition) is 4. The molecule has 0 aliphatic rings. The van der Waals surface area contributed by atoms with Gasteiger partial charge in [0.05, 0.1) is 6.10 Å². The molecule has 0 spiro atoms. The first kappa shape index (κ1) is 12.4. The molecule has 0 heterocycles. The minimum atomic E-state index is -3.25. The van der Waals surface area contributed by atoms with Crippen LogP contribution in [-0.4, -0.2) is 44.1 Å². The highest BCUT2D eigenvalue weighted by atomic mass is 32.2. The number of sulfone groups is 1. The number of rotatable bonds is 5. The smallest absolute Gasteiger partial charge is 0.235 e. The maximum atomic E-state index is 10.9. The van der Waals surface area contributed by atoms with E-state index in [2.05, 4.69) is 5.32 Å². The van der Waals surface area contributed by atoms with Gasteiger partial charge in [0, 0.05) is 12.8 Å². The first-order valence-corrected chi connectivity index (χ1v) is 6.00. The summed E-state index contributed by atoms with van der Waals surface area (Å²) in [6, 6.07) is 0. The maximum Gasteiger partial charge on any atom is 0.235 e. The van der Waals surface area contributed by atoms with E-state index >= 15 is 0 Å². The maximum absolute atomic E-state index is 10.9. The molecule has 0 bridgehead atoms. The van der Waals surface area contributed by atoms with Gasteiger partial charge in [0.15, 0.2) is 9.84 Å². The highest BCUT2D eigenvalue weighted by molar-refractivity contribution is 7.91. The molecular weight excluding hydrogens is 194 g/mol. The summed E-state index contributed by atoms with van der Waals surface area (Å²) >= 11 is 0. The molecule has 13 heavy (non-hydrogen) atoms. The number of aliphatic hydroxyl groups excluding tert-OH is 1. The normalized spacial score (nSPS) is 13.8. The Balaban J connectivity index is 3.65. The van der Waals surface area contributed by atoms with Crippen molar-refractivity contribution in [3.63, 3.8) is 0 Å². The molecular formula is C7H15NO4S. The van der Waals surface area contributed by atoms with Crippen molar-refractivity contribution in [2.75, 3.05) is 18.6 Å². The van der Waals surface area contributed by atoms with E-state index in [1.165, 1.54) is 0 Å². The number of carbonyl (C=O) groups excluding carboxylic acids is 1. The van der Waals surface area contributed by atoms with Crippen molar-refractivity contribution in [2.24, 2.45) is 0 Å². The molecule has 0 aliphatic carbocycles. The van der Waals surface area contributed by atoms with E-state index in [4.69, 9.17) is 5.11 Å². The van der Waals surface area contributed by atoms with E-state index < -0.39 is 27.6 Å². The molecule has 0 aromatic heterocycles. The molecule has 0 fully saturated rings. The summed E-state index contributed by atoms with van der Waals surface area (Å²) in [6.45, 7) is 1.90. The Bertz CT molecular complexity index is 258. The van der Waals surface area contributed by atoms with Crippen LogP contribution in [0, 0.1) is 0 Å². The number of aliphatic hydroxyl groups is 1. The standard InChI is InChI=1S/C7H15NO4S/c1-6(9)3-4-8-7(10)5-13(2,11)12/h6,9H,3-5H2,1-2H3,(H,8,10). The van der Waals surface area contributed by atoms with Gasteiger partial charge in [-0.3, -0.25) is 4.79 Å². The third-order valence-electron chi connectivity index (χ3n) is 1.28. The minimum absolute atomic E-state index is 0.298. The third-order valence-corrected chi connectivity index (χ3v) is 2.06. The van der Waals surface area contributed by atoms with Crippen LogP contribution in [-0.2, 0) is 14.6 Å². The molecule has 2 N–H and O–H groups in total. The second-order valence-electron chi connectivity index (χ2n) is 3.06. The summed E-state index contributed by atoms with van der Waals surface area (Å²) in [5.74, 6) is -1.02. The molecule has 0 aromatic rings. The van der Waals surface area contributed by atoms with Crippen molar-refractivity contribution in [3.8, 4) is 0 Å². The van der Waals surface area contributed by atoms with Crippen LogP contribution in [0.15, 0.2) is 0 Å². The summed E-state index contributed by atoms with van der Waals surface area (Å²) in [7, 11) is -3.25. The van der Waals surface area contributed by atoms with Crippen molar-refractivity contribution in [3.05, 3.63) is 0 Å². The molecule has 1 atom stereocenters. The molecule has 78 valence electrons. The Morgan fingerprint density at radius 1 is 1.54 bits per heavy atom. The fourth-order valence-corrected chi connectivity index (χ4v) is 1.29. The molecule has 0 saturated carbocycles. The van der Waals surface area contributed by atoms with Crippen LogP contribution >= 0.6 is 0 Å². The van der Waals surface area contributed by atoms with Gasteiger partial charge in [-0.25, -0.2) is 8.42 Å². The SMILES string of the molecule is CC(O)CCNC(=O)CS(C)(=O)=O. The average Bonchev–Trinajstić information content (AvgIpc) is 1.81. The Morgan fingerprint density at radius 2 is 2.08 bits per heavy atom. The van der Waals surface area contributed by atoms with E-state index in [9.17, 15) is 13.2 Å². The largest absolute Gasteiger partial charge is 0.393 e. The van der Waals surface area contributed by atoms with Crippen molar-refractivity contribution >= 4 is 15.7 Å². The first-order chi connectivity index (χ1) is 5.81. The molecule has 1 amide bonds. The molecule has 0 saturated heterocycles. The molecule has 6 heteroatoms. The van der Waals surface area contributed by atoms with Gasteiger partial charge in [-0.1, -0.05) is 0 Å². The highest BCUT2D eigenvalue weighted by Gasteiger charge is 2.09. The van der Waals surface area contributed by atoms with Gasteiger partial charge in [0.1, 0.15) is 5.75 Å².